The van der Waals surface area contributed by atoms with E-state index in [4.69, 9.17) is 28.7 Å². The summed E-state index contributed by atoms with van der Waals surface area (Å²) in [7, 11) is 0. The first kappa shape index (κ1) is 31.2. The molecule has 39 heavy (non-hydrogen) atoms. The predicted molar refractivity (Wildman–Crippen MR) is 149 cm³/mol. The summed E-state index contributed by atoms with van der Waals surface area (Å²) in [5, 5.41) is 0. The molecular weight excluding hydrogens is 492 g/mol. The highest BCUT2D eigenvalue weighted by Gasteiger charge is 2.38. The summed E-state index contributed by atoms with van der Waals surface area (Å²) in [6.45, 7) is 13.2. The first-order valence-corrected chi connectivity index (χ1v) is 13.4. The van der Waals surface area contributed by atoms with Crippen molar-refractivity contribution in [3.63, 3.8) is 0 Å². The molecule has 0 aromatic heterocycles. The molecule has 0 saturated heterocycles. The fourth-order valence-corrected chi connectivity index (χ4v) is 4.98. The van der Waals surface area contributed by atoms with Crippen molar-refractivity contribution in [1.82, 2.24) is 0 Å². The minimum Gasteiger partial charge on any atom is -0.493 e. The average Bonchev–Trinajstić information content (AvgIpc) is 3.84. The minimum absolute atomic E-state index is 0.250. The van der Waals surface area contributed by atoms with E-state index in [1.165, 1.54) is 36.8 Å². The number of benzene rings is 2. The Hall–Kier alpha value is -3.98. The van der Waals surface area contributed by atoms with Crippen LogP contribution in [-0.2, 0) is 32.0 Å². The van der Waals surface area contributed by atoms with Crippen LogP contribution in [0, 0.1) is 5.92 Å². The summed E-state index contributed by atoms with van der Waals surface area (Å²) in [5.41, 5.74) is 7.08. The molecule has 0 unspecified atom stereocenters. The maximum atomic E-state index is 8.12. The number of hydrogen-bond donors (Lipinski definition) is 0. The maximum absolute atomic E-state index is 8.12. The molecule has 0 radical (unpaired) electrons. The lowest BCUT2D eigenvalue weighted by Gasteiger charge is -2.05. The van der Waals surface area contributed by atoms with Gasteiger partial charge in [0.2, 0.25) is 0 Å². The highest BCUT2D eigenvalue weighted by Crippen LogP contribution is 2.52. The van der Waals surface area contributed by atoms with Crippen LogP contribution in [0.2, 0.25) is 0 Å². The van der Waals surface area contributed by atoms with Gasteiger partial charge in [-0.25, -0.2) is 0 Å². The quantitative estimate of drug-likeness (QED) is 0.397. The Morgan fingerprint density at radius 2 is 1.44 bits per heavy atom. The third-order valence-electron chi connectivity index (χ3n) is 7.06. The molecule has 0 amide bonds. The Bertz CT molecular complexity index is 1180. The Morgan fingerprint density at radius 1 is 0.923 bits per heavy atom. The molecule has 2 heterocycles. The Labute approximate surface area is 231 Å². The van der Waals surface area contributed by atoms with Crippen LogP contribution in [0.4, 0.5) is 0 Å². The average molecular weight is 531 g/mol. The van der Waals surface area contributed by atoms with Crippen molar-refractivity contribution in [2.24, 2.45) is 5.92 Å². The van der Waals surface area contributed by atoms with E-state index in [-0.39, 0.29) is 12.3 Å². The number of ether oxygens (including phenoxy) is 2. The number of fused-ring (bicyclic) bond motifs is 2. The maximum Gasteiger partial charge on any atom is 0.373 e. The molecule has 6 heteroatoms. The number of allylic oxidation sites excluding steroid dienone is 4. The van der Waals surface area contributed by atoms with Gasteiger partial charge in [-0.15, -0.1) is 0 Å². The van der Waals surface area contributed by atoms with Crippen molar-refractivity contribution in [3.8, 4) is 11.5 Å². The zero-order valence-corrected chi connectivity index (χ0v) is 22.9. The minimum atomic E-state index is 0.250. The van der Waals surface area contributed by atoms with Gasteiger partial charge >= 0.3 is 12.3 Å². The van der Waals surface area contributed by atoms with Gasteiger partial charge in [-0.2, -0.15) is 19.2 Å². The van der Waals surface area contributed by atoms with Crippen molar-refractivity contribution in [2.75, 3.05) is 13.2 Å². The highest BCUT2D eigenvalue weighted by atomic mass is 16.5. The van der Waals surface area contributed by atoms with Gasteiger partial charge in [0.15, 0.2) is 0 Å². The summed E-state index contributed by atoms with van der Waals surface area (Å²) >= 11 is 0. The second kappa shape index (κ2) is 16.8. The van der Waals surface area contributed by atoms with Crippen LogP contribution < -0.4 is 9.47 Å². The molecular formula is C33H38O6. The second-order valence-corrected chi connectivity index (χ2v) is 9.58. The van der Waals surface area contributed by atoms with Crippen LogP contribution in [0.15, 0.2) is 73.4 Å². The van der Waals surface area contributed by atoms with Crippen LogP contribution in [-0.4, -0.2) is 25.5 Å². The monoisotopic (exact) mass is 530 g/mol. The van der Waals surface area contributed by atoms with E-state index >= 15 is 0 Å². The van der Waals surface area contributed by atoms with Crippen LogP contribution in [0.5, 0.6) is 11.5 Å². The van der Waals surface area contributed by atoms with Crippen molar-refractivity contribution >= 4 is 12.3 Å². The van der Waals surface area contributed by atoms with Crippen molar-refractivity contribution in [2.45, 2.75) is 64.2 Å². The Kier molecular flexibility index (Phi) is 13.4. The van der Waals surface area contributed by atoms with Crippen LogP contribution in [0.1, 0.15) is 73.6 Å². The van der Waals surface area contributed by atoms with E-state index in [1.54, 1.807) is 17.2 Å². The first-order valence-electron chi connectivity index (χ1n) is 13.4. The van der Waals surface area contributed by atoms with E-state index < -0.39 is 0 Å². The lowest BCUT2D eigenvalue weighted by molar-refractivity contribution is -0.193. The molecule has 2 aromatic rings. The second-order valence-electron chi connectivity index (χ2n) is 9.58. The van der Waals surface area contributed by atoms with E-state index in [9.17, 15) is 0 Å². The van der Waals surface area contributed by atoms with E-state index in [0.717, 1.165) is 60.9 Å². The molecule has 0 bridgehead atoms. The normalized spacial score (nSPS) is 18.5. The van der Waals surface area contributed by atoms with E-state index in [0.29, 0.717) is 0 Å². The summed E-state index contributed by atoms with van der Waals surface area (Å²) < 4.78 is 11.1. The largest absolute Gasteiger partial charge is 0.493 e. The summed E-state index contributed by atoms with van der Waals surface area (Å²) in [5.74, 6) is 4.93. The van der Waals surface area contributed by atoms with Gasteiger partial charge < -0.3 is 9.47 Å². The standard InChI is InChI=1S/C13H16O.C11H12O.C7H10.2CO2/c1-2-9-8-12(9)10-4-3-5-13-11(10)6-7-14-13;1-2-9(8-4-5-8)10-6-7-12-11(10)3-1;1-4-6-7(3)5-2;2*2-1-3/h3-5,9,12H,2,6-8H2,1H3;1-3,8H,4-7H2;4-6H,2-3H2,1H3;;/b;;6-4-;;/t9-,12-;;;;/m1..../s1. The van der Waals surface area contributed by atoms with Crippen molar-refractivity contribution < 1.29 is 28.7 Å². The molecule has 6 nitrogen and oxygen atoms in total. The Morgan fingerprint density at radius 3 is 1.85 bits per heavy atom. The first-order chi connectivity index (χ1) is 19.0. The van der Waals surface area contributed by atoms with Gasteiger partial charge in [0.25, 0.3) is 0 Å². The molecule has 2 aliphatic carbocycles. The fourth-order valence-electron chi connectivity index (χ4n) is 4.98. The number of carbonyl (C=O) groups excluding carboxylic acids is 4. The van der Waals surface area contributed by atoms with Crippen molar-refractivity contribution in [1.29, 1.82) is 0 Å². The molecule has 0 N–H and O–H groups in total. The molecule has 6 rings (SSSR count). The lowest BCUT2D eigenvalue weighted by Crippen LogP contribution is -1.90. The fraction of sp³-hybridized carbons (Fsp3) is 0.394. The third-order valence-corrected chi connectivity index (χ3v) is 7.06. The van der Waals surface area contributed by atoms with Gasteiger partial charge in [0.1, 0.15) is 11.5 Å². The number of rotatable bonds is 5. The van der Waals surface area contributed by atoms with E-state index in [2.05, 4.69) is 56.5 Å². The SMILES string of the molecule is C=CC(=C)/C=C\C.CC[C@@H]1C[C@H]1c1cccc2c1CCO2.O=C=O.O=C=O.c1cc2c(c(C3CC3)c1)CCO2. The topological polar surface area (TPSA) is 86.7 Å². The van der Waals surface area contributed by atoms with Gasteiger partial charge in [-0.05, 0) is 72.8 Å². The molecule has 0 spiro atoms. The Balaban J connectivity index is 0.000000194. The highest BCUT2D eigenvalue weighted by molar-refractivity contribution is 5.47. The molecule has 4 aliphatic rings. The van der Waals surface area contributed by atoms with Gasteiger partial charge in [-0.3, -0.25) is 0 Å². The smallest absolute Gasteiger partial charge is 0.373 e. The van der Waals surface area contributed by atoms with Gasteiger partial charge in [0.05, 0.1) is 13.2 Å². The van der Waals surface area contributed by atoms with E-state index in [1.807, 2.05) is 19.1 Å². The van der Waals surface area contributed by atoms with Gasteiger partial charge in [-0.1, -0.05) is 69.0 Å². The summed E-state index contributed by atoms with van der Waals surface area (Å²) in [4.78, 5) is 32.5. The van der Waals surface area contributed by atoms with Crippen LogP contribution in [0.3, 0.4) is 0 Å². The lowest BCUT2D eigenvalue weighted by atomic mass is 9.99. The van der Waals surface area contributed by atoms with Crippen LogP contribution in [0.25, 0.3) is 0 Å². The number of hydrogen-bond acceptors (Lipinski definition) is 6. The molecule has 2 saturated carbocycles. The summed E-state index contributed by atoms with van der Waals surface area (Å²) in [6.07, 6.45) is 13.8. The molecule has 2 aromatic carbocycles. The molecule has 206 valence electrons. The van der Waals surface area contributed by atoms with Gasteiger partial charge in [0, 0.05) is 24.0 Å². The molecule has 2 fully saturated rings. The molecule has 2 aliphatic heterocycles. The van der Waals surface area contributed by atoms with Crippen LogP contribution >= 0.6 is 0 Å². The summed E-state index contributed by atoms with van der Waals surface area (Å²) in [6, 6.07) is 13.0. The molecule has 2 atom stereocenters. The predicted octanol–water partition coefficient (Wildman–Crippen LogP) is 6.77. The third kappa shape index (κ3) is 9.68. The van der Waals surface area contributed by atoms with Crippen molar-refractivity contribution in [3.05, 3.63) is 95.6 Å². The zero-order chi connectivity index (χ0) is 28.6. The zero-order valence-electron chi connectivity index (χ0n) is 22.9.